The quantitative estimate of drug-likeness (QED) is 0.605. The van der Waals surface area contributed by atoms with Gasteiger partial charge < -0.3 is 0 Å². The van der Waals surface area contributed by atoms with Gasteiger partial charge in [-0.3, -0.25) is 4.40 Å². The van der Waals surface area contributed by atoms with Crippen molar-refractivity contribution in [1.82, 2.24) is 18.9 Å². The van der Waals surface area contributed by atoms with Gasteiger partial charge in [-0.05, 0) is 42.7 Å². The lowest BCUT2D eigenvalue weighted by Crippen LogP contribution is -2.28. The molecule has 3 heterocycles. The zero-order valence-corrected chi connectivity index (χ0v) is 16.3. The van der Waals surface area contributed by atoms with Crippen LogP contribution in [-0.2, 0) is 15.8 Å². The molecule has 1 aromatic carbocycles. The zero-order chi connectivity index (χ0) is 18.1. The second kappa shape index (κ2) is 7.19. The maximum absolute atomic E-state index is 12.9. The maximum Gasteiger partial charge on any atom is 0.246 e. The minimum atomic E-state index is -3.54. The Balaban J connectivity index is 1.65. The number of pyridine rings is 1. The molecule has 1 aliphatic heterocycles. The van der Waals surface area contributed by atoms with Crippen molar-refractivity contribution in [2.24, 2.45) is 0 Å². The average molecular weight is 409 g/mol. The molecule has 136 valence electrons. The van der Waals surface area contributed by atoms with E-state index in [1.54, 1.807) is 22.7 Å². The number of rotatable bonds is 5. The van der Waals surface area contributed by atoms with E-state index in [4.69, 9.17) is 11.6 Å². The SMILES string of the molecule is O=S(=O)(c1cccn2c(SCc3cccc(Cl)c3)nnc12)N1CCCC1. The van der Waals surface area contributed by atoms with Crippen molar-refractivity contribution in [2.45, 2.75) is 28.6 Å². The Morgan fingerprint density at radius 2 is 1.92 bits per heavy atom. The summed E-state index contributed by atoms with van der Waals surface area (Å²) in [5.41, 5.74) is 1.44. The highest BCUT2D eigenvalue weighted by atomic mass is 35.5. The summed E-state index contributed by atoms with van der Waals surface area (Å²) in [5, 5.41) is 9.68. The standard InChI is InChI=1S/C17H17ClN4O2S2/c18-14-6-3-5-13(11-14)12-25-17-20-19-16-15(7-4-10-22(16)17)26(23,24)21-8-1-2-9-21/h3-7,10-11H,1-2,8-9,12H2. The van der Waals surface area contributed by atoms with Crippen LogP contribution in [0.25, 0.3) is 5.65 Å². The van der Waals surface area contributed by atoms with E-state index in [2.05, 4.69) is 10.2 Å². The van der Waals surface area contributed by atoms with Crippen LogP contribution < -0.4 is 0 Å². The molecule has 6 nitrogen and oxygen atoms in total. The molecule has 0 aliphatic carbocycles. The van der Waals surface area contributed by atoms with Gasteiger partial charge in [-0.1, -0.05) is 35.5 Å². The normalized spacial score (nSPS) is 15.7. The van der Waals surface area contributed by atoms with E-state index in [1.807, 2.05) is 24.3 Å². The van der Waals surface area contributed by atoms with Crippen molar-refractivity contribution < 1.29 is 8.42 Å². The summed E-state index contributed by atoms with van der Waals surface area (Å²) in [6.07, 6.45) is 3.59. The van der Waals surface area contributed by atoms with E-state index in [-0.39, 0.29) is 4.90 Å². The Bertz CT molecular complexity index is 1050. The topological polar surface area (TPSA) is 67.6 Å². The number of nitrogens with zero attached hydrogens (tertiary/aromatic N) is 4. The van der Waals surface area contributed by atoms with Crippen LogP contribution in [-0.4, -0.2) is 40.4 Å². The van der Waals surface area contributed by atoms with Gasteiger partial charge in [-0.25, -0.2) is 8.42 Å². The molecule has 4 rings (SSSR count). The van der Waals surface area contributed by atoms with Gasteiger partial charge in [0.25, 0.3) is 0 Å². The molecule has 3 aromatic rings. The Labute approximate surface area is 161 Å². The fraction of sp³-hybridized carbons (Fsp3) is 0.294. The van der Waals surface area contributed by atoms with Crippen molar-refractivity contribution in [3.8, 4) is 0 Å². The molecule has 0 bridgehead atoms. The third kappa shape index (κ3) is 3.34. The van der Waals surface area contributed by atoms with Gasteiger partial charge in [-0.2, -0.15) is 4.31 Å². The van der Waals surface area contributed by atoms with Crippen LogP contribution in [0, 0.1) is 0 Å². The number of thioether (sulfide) groups is 1. The molecule has 0 radical (unpaired) electrons. The van der Waals surface area contributed by atoms with E-state index >= 15 is 0 Å². The van der Waals surface area contributed by atoms with Crippen LogP contribution >= 0.6 is 23.4 Å². The number of halogens is 1. The highest BCUT2D eigenvalue weighted by Crippen LogP contribution is 2.27. The summed E-state index contributed by atoms with van der Waals surface area (Å²) < 4.78 is 29.1. The number of aromatic nitrogens is 3. The highest BCUT2D eigenvalue weighted by molar-refractivity contribution is 7.98. The van der Waals surface area contributed by atoms with Gasteiger partial charge in [0.05, 0.1) is 0 Å². The van der Waals surface area contributed by atoms with E-state index in [0.29, 0.717) is 34.7 Å². The summed E-state index contributed by atoms with van der Waals surface area (Å²) in [6, 6.07) is 11.0. The first-order chi connectivity index (χ1) is 12.6. The largest absolute Gasteiger partial charge is 0.276 e. The van der Waals surface area contributed by atoms with Crippen molar-refractivity contribution in [3.63, 3.8) is 0 Å². The van der Waals surface area contributed by atoms with Crippen LogP contribution in [0.15, 0.2) is 52.6 Å². The molecule has 0 spiro atoms. The van der Waals surface area contributed by atoms with Crippen molar-refractivity contribution in [3.05, 3.63) is 53.2 Å². The molecule has 0 amide bonds. The molecule has 26 heavy (non-hydrogen) atoms. The average Bonchev–Trinajstić information content (AvgIpc) is 3.30. The fourth-order valence-electron chi connectivity index (χ4n) is 3.01. The van der Waals surface area contributed by atoms with Crippen molar-refractivity contribution >= 4 is 39.0 Å². The van der Waals surface area contributed by atoms with Gasteiger partial charge in [0.1, 0.15) is 4.90 Å². The lowest BCUT2D eigenvalue weighted by atomic mass is 10.2. The molecule has 9 heteroatoms. The molecule has 1 saturated heterocycles. The molecule has 0 unspecified atom stereocenters. The van der Waals surface area contributed by atoms with Crippen molar-refractivity contribution in [1.29, 1.82) is 0 Å². The summed E-state index contributed by atoms with van der Waals surface area (Å²) >= 11 is 7.51. The molecule has 2 aromatic heterocycles. The van der Waals surface area contributed by atoms with Crippen molar-refractivity contribution in [2.75, 3.05) is 13.1 Å². The lowest BCUT2D eigenvalue weighted by Gasteiger charge is -2.15. The van der Waals surface area contributed by atoms with E-state index < -0.39 is 10.0 Å². The van der Waals surface area contributed by atoms with Gasteiger partial charge in [0, 0.05) is 30.1 Å². The van der Waals surface area contributed by atoms with Crippen LogP contribution in [0.5, 0.6) is 0 Å². The molecule has 0 saturated carbocycles. The van der Waals surface area contributed by atoms with E-state index in [1.165, 1.54) is 16.1 Å². The molecule has 0 atom stereocenters. The molecular weight excluding hydrogens is 392 g/mol. The second-order valence-corrected chi connectivity index (χ2v) is 9.36. The predicted octanol–water partition coefficient (Wildman–Crippen LogP) is 3.46. The van der Waals surface area contributed by atoms with Gasteiger partial charge in [-0.15, -0.1) is 10.2 Å². The predicted molar refractivity (Wildman–Crippen MR) is 102 cm³/mol. The molecule has 1 aliphatic rings. The summed E-state index contributed by atoms with van der Waals surface area (Å²) in [7, 11) is -3.54. The molecule has 0 N–H and O–H groups in total. The maximum atomic E-state index is 12.9. The van der Waals surface area contributed by atoms with Crippen LogP contribution in [0.4, 0.5) is 0 Å². The highest BCUT2D eigenvalue weighted by Gasteiger charge is 2.30. The first-order valence-corrected chi connectivity index (χ1v) is 11.1. The third-order valence-corrected chi connectivity index (χ3v) is 7.48. The van der Waals surface area contributed by atoms with Gasteiger partial charge in [0.15, 0.2) is 10.8 Å². The Hall–Kier alpha value is -1.61. The Kier molecular flexibility index (Phi) is 4.92. The van der Waals surface area contributed by atoms with Gasteiger partial charge in [0.2, 0.25) is 10.0 Å². The number of sulfonamides is 1. The van der Waals surface area contributed by atoms with Crippen LogP contribution in [0.2, 0.25) is 5.02 Å². The first kappa shape index (κ1) is 17.8. The smallest absolute Gasteiger partial charge is 0.246 e. The number of hydrogen-bond donors (Lipinski definition) is 0. The number of benzene rings is 1. The minimum absolute atomic E-state index is 0.212. The van der Waals surface area contributed by atoms with Crippen LogP contribution in [0.1, 0.15) is 18.4 Å². The zero-order valence-electron chi connectivity index (χ0n) is 13.9. The second-order valence-electron chi connectivity index (χ2n) is 6.08. The first-order valence-electron chi connectivity index (χ1n) is 8.27. The van der Waals surface area contributed by atoms with Crippen LogP contribution in [0.3, 0.4) is 0 Å². The summed E-state index contributed by atoms with van der Waals surface area (Å²) in [6.45, 7) is 1.13. The molecular formula is C17H17ClN4O2S2. The minimum Gasteiger partial charge on any atom is -0.276 e. The Morgan fingerprint density at radius 1 is 1.12 bits per heavy atom. The number of fused-ring (bicyclic) bond motifs is 1. The number of hydrogen-bond acceptors (Lipinski definition) is 5. The Morgan fingerprint density at radius 3 is 2.69 bits per heavy atom. The van der Waals surface area contributed by atoms with E-state index in [9.17, 15) is 8.42 Å². The lowest BCUT2D eigenvalue weighted by molar-refractivity contribution is 0.478. The summed E-state index contributed by atoms with van der Waals surface area (Å²) in [5.74, 6) is 0.671. The van der Waals surface area contributed by atoms with E-state index in [0.717, 1.165) is 18.4 Å². The summed E-state index contributed by atoms with van der Waals surface area (Å²) in [4.78, 5) is 0.212. The fourth-order valence-corrected chi connectivity index (χ4v) is 5.72. The molecule has 1 fully saturated rings. The third-order valence-electron chi connectivity index (χ3n) is 4.31. The monoisotopic (exact) mass is 408 g/mol. The van der Waals surface area contributed by atoms with Gasteiger partial charge >= 0.3 is 0 Å².